The van der Waals surface area contributed by atoms with Crippen molar-refractivity contribution in [3.63, 3.8) is 0 Å². The smallest absolute Gasteiger partial charge is 0.119 e. The Labute approximate surface area is 91.0 Å². The SMILES string of the molecule is CC(C)([SiH3])COc1ccc(Br)cc1. The lowest BCUT2D eigenvalue weighted by atomic mass is 10.2. The summed E-state index contributed by atoms with van der Waals surface area (Å²) in [5.41, 5.74) is 0. The molecule has 3 heteroatoms. The Hall–Kier alpha value is -0.283. The van der Waals surface area contributed by atoms with Crippen molar-refractivity contribution in [2.24, 2.45) is 0 Å². The summed E-state index contributed by atoms with van der Waals surface area (Å²) in [6.45, 7) is 5.25. The maximum Gasteiger partial charge on any atom is 0.119 e. The number of hydrogen-bond acceptors (Lipinski definition) is 1. The minimum atomic E-state index is 0.354. The topological polar surface area (TPSA) is 9.23 Å². The zero-order valence-corrected chi connectivity index (χ0v) is 11.9. The van der Waals surface area contributed by atoms with E-state index in [4.69, 9.17) is 4.74 Å². The van der Waals surface area contributed by atoms with Gasteiger partial charge in [-0.05, 0) is 29.3 Å². The molecule has 0 N–H and O–H groups in total. The van der Waals surface area contributed by atoms with Crippen molar-refractivity contribution in [2.75, 3.05) is 6.61 Å². The summed E-state index contributed by atoms with van der Waals surface area (Å²) in [6, 6.07) is 7.96. The van der Waals surface area contributed by atoms with Crippen molar-refractivity contribution in [3.8, 4) is 5.75 Å². The van der Waals surface area contributed by atoms with Crippen LogP contribution < -0.4 is 4.74 Å². The third-order valence-corrected chi connectivity index (χ3v) is 2.30. The van der Waals surface area contributed by atoms with Gasteiger partial charge in [0.05, 0.1) is 6.61 Å². The van der Waals surface area contributed by atoms with E-state index >= 15 is 0 Å². The molecule has 1 rings (SSSR count). The first-order chi connectivity index (χ1) is 5.97. The first kappa shape index (κ1) is 10.8. The van der Waals surface area contributed by atoms with Crippen LogP contribution in [0.15, 0.2) is 28.7 Å². The Balaban J connectivity index is 2.51. The molecular formula is C10H15BrOSi. The third kappa shape index (κ3) is 4.48. The fraction of sp³-hybridized carbons (Fsp3) is 0.400. The Bertz CT molecular complexity index is 263. The maximum atomic E-state index is 5.64. The van der Waals surface area contributed by atoms with E-state index in [1.807, 2.05) is 24.3 Å². The van der Waals surface area contributed by atoms with E-state index in [1.54, 1.807) is 0 Å². The first-order valence-electron chi connectivity index (χ1n) is 4.36. The number of ether oxygens (including phenoxy) is 1. The van der Waals surface area contributed by atoms with Gasteiger partial charge in [0, 0.05) is 14.7 Å². The van der Waals surface area contributed by atoms with Crippen molar-refractivity contribution < 1.29 is 4.74 Å². The van der Waals surface area contributed by atoms with Gasteiger partial charge in [-0.3, -0.25) is 0 Å². The molecule has 0 bridgehead atoms. The summed E-state index contributed by atoms with van der Waals surface area (Å²) in [5, 5.41) is 0.354. The van der Waals surface area contributed by atoms with Crippen molar-refractivity contribution in [3.05, 3.63) is 28.7 Å². The van der Waals surface area contributed by atoms with Crippen LogP contribution in [0.5, 0.6) is 5.75 Å². The van der Waals surface area contributed by atoms with Gasteiger partial charge < -0.3 is 4.74 Å². The normalized spacial score (nSPS) is 11.6. The van der Waals surface area contributed by atoms with Crippen LogP contribution in [0.2, 0.25) is 5.04 Å². The summed E-state index contributed by atoms with van der Waals surface area (Å²) in [4.78, 5) is 0. The maximum absolute atomic E-state index is 5.64. The van der Waals surface area contributed by atoms with Crippen LogP contribution in [0.25, 0.3) is 0 Å². The molecule has 0 fully saturated rings. The lowest BCUT2D eigenvalue weighted by Gasteiger charge is -2.18. The Morgan fingerprint density at radius 3 is 2.31 bits per heavy atom. The fourth-order valence-electron chi connectivity index (χ4n) is 0.831. The van der Waals surface area contributed by atoms with Crippen LogP contribution in [0.1, 0.15) is 13.8 Å². The van der Waals surface area contributed by atoms with Crippen LogP contribution in [0.4, 0.5) is 0 Å². The van der Waals surface area contributed by atoms with E-state index in [1.165, 1.54) is 0 Å². The number of halogens is 1. The van der Waals surface area contributed by atoms with Gasteiger partial charge in [-0.1, -0.05) is 29.8 Å². The molecule has 0 saturated carbocycles. The summed E-state index contributed by atoms with van der Waals surface area (Å²) >= 11 is 3.39. The highest BCUT2D eigenvalue weighted by Crippen LogP contribution is 2.22. The Morgan fingerprint density at radius 2 is 1.85 bits per heavy atom. The molecule has 0 atom stereocenters. The predicted molar refractivity (Wildman–Crippen MR) is 63.6 cm³/mol. The largest absolute Gasteiger partial charge is 0.493 e. The van der Waals surface area contributed by atoms with Crippen molar-refractivity contribution in [2.45, 2.75) is 18.9 Å². The Kier molecular flexibility index (Phi) is 3.56. The summed E-state index contributed by atoms with van der Waals surface area (Å²) < 4.78 is 6.73. The zero-order valence-electron chi connectivity index (χ0n) is 8.30. The minimum absolute atomic E-state index is 0.354. The van der Waals surface area contributed by atoms with E-state index in [2.05, 4.69) is 29.8 Å². The molecule has 0 radical (unpaired) electrons. The molecule has 0 saturated heterocycles. The molecule has 1 aromatic carbocycles. The van der Waals surface area contributed by atoms with E-state index in [-0.39, 0.29) is 0 Å². The highest BCUT2D eigenvalue weighted by atomic mass is 79.9. The Morgan fingerprint density at radius 1 is 1.31 bits per heavy atom. The van der Waals surface area contributed by atoms with Crippen LogP contribution in [-0.4, -0.2) is 16.8 Å². The number of rotatable bonds is 3. The molecule has 0 aliphatic heterocycles. The van der Waals surface area contributed by atoms with E-state index in [0.717, 1.165) is 27.1 Å². The van der Waals surface area contributed by atoms with Gasteiger partial charge in [0.2, 0.25) is 0 Å². The van der Waals surface area contributed by atoms with Gasteiger partial charge in [-0.25, -0.2) is 0 Å². The summed E-state index contributed by atoms with van der Waals surface area (Å²) in [5.74, 6) is 0.951. The fourth-order valence-corrected chi connectivity index (χ4v) is 1.24. The molecule has 72 valence electrons. The van der Waals surface area contributed by atoms with Gasteiger partial charge in [-0.15, -0.1) is 0 Å². The highest BCUT2D eigenvalue weighted by molar-refractivity contribution is 9.10. The minimum Gasteiger partial charge on any atom is -0.493 e. The molecular weight excluding hydrogens is 244 g/mol. The molecule has 1 aromatic rings. The lowest BCUT2D eigenvalue weighted by Crippen LogP contribution is -2.13. The van der Waals surface area contributed by atoms with Crippen molar-refractivity contribution in [1.82, 2.24) is 0 Å². The van der Waals surface area contributed by atoms with E-state index < -0.39 is 0 Å². The van der Waals surface area contributed by atoms with Gasteiger partial charge in [0.15, 0.2) is 0 Å². The summed E-state index contributed by atoms with van der Waals surface area (Å²) in [7, 11) is 1.15. The second-order valence-corrected chi connectivity index (χ2v) is 7.93. The van der Waals surface area contributed by atoms with Gasteiger partial charge >= 0.3 is 0 Å². The second kappa shape index (κ2) is 4.29. The molecule has 0 aromatic heterocycles. The molecule has 0 amide bonds. The lowest BCUT2D eigenvalue weighted by molar-refractivity contribution is 0.280. The summed E-state index contributed by atoms with van der Waals surface area (Å²) in [6.07, 6.45) is 0. The molecule has 0 aliphatic rings. The molecule has 0 heterocycles. The van der Waals surface area contributed by atoms with E-state index in [9.17, 15) is 0 Å². The van der Waals surface area contributed by atoms with Gasteiger partial charge in [-0.2, -0.15) is 0 Å². The van der Waals surface area contributed by atoms with Crippen LogP contribution >= 0.6 is 15.9 Å². The van der Waals surface area contributed by atoms with Gasteiger partial charge in [0.1, 0.15) is 5.75 Å². The van der Waals surface area contributed by atoms with Crippen molar-refractivity contribution >= 4 is 26.2 Å². The second-order valence-electron chi connectivity index (χ2n) is 4.30. The molecule has 0 unspecified atom stereocenters. The monoisotopic (exact) mass is 258 g/mol. The van der Waals surface area contributed by atoms with Gasteiger partial charge in [0.25, 0.3) is 0 Å². The average molecular weight is 259 g/mol. The third-order valence-electron chi connectivity index (χ3n) is 1.49. The van der Waals surface area contributed by atoms with E-state index in [0.29, 0.717) is 5.04 Å². The average Bonchev–Trinajstić information content (AvgIpc) is 2.02. The van der Waals surface area contributed by atoms with Crippen LogP contribution in [0, 0.1) is 0 Å². The molecule has 0 spiro atoms. The number of hydrogen-bond donors (Lipinski definition) is 0. The predicted octanol–water partition coefficient (Wildman–Crippen LogP) is 2.39. The highest BCUT2D eigenvalue weighted by Gasteiger charge is 2.10. The molecule has 13 heavy (non-hydrogen) atoms. The van der Waals surface area contributed by atoms with Crippen LogP contribution in [0.3, 0.4) is 0 Å². The van der Waals surface area contributed by atoms with Crippen molar-refractivity contribution in [1.29, 1.82) is 0 Å². The quantitative estimate of drug-likeness (QED) is 0.757. The first-order valence-corrected chi connectivity index (χ1v) is 6.15. The standard InChI is InChI=1S/C10H15BrOSi/c1-10(2,13)7-12-9-5-3-8(11)4-6-9/h3-6H,7H2,1-2,13H3. The van der Waals surface area contributed by atoms with Crippen LogP contribution in [-0.2, 0) is 0 Å². The number of benzene rings is 1. The molecule has 1 nitrogen and oxygen atoms in total. The zero-order chi connectivity index (χ0) is 9.90. The molecule has 0 aliphatic carbocycles.